The minimum absolute atomic E-state index is 0.0231. The Balaban J connectivity index is 1.27. The van der Waals surface area contributed by atoms with E-state index in [4.69, 9.17) is 9.72 Å². The molecule has 32 heavy (non-hydrogen) atoms. The van der Waals surface area contributed by atoms with Crippen LogP contribution in [0.5, 0.6) is 5.88 Å². The van der Waals surface area contributed by atoms with E-state index in [0.717, 1.165) is 62.4 Å². The van der Waals surface area contributed by atoms with Crippen LogP contribution in [0.25, 0.3) is 11.0 Å². The van der Waals surface area contributed by atoms with E-state index in [9.17, 15) is 4.79 Å². The molecule has 0 bridgehead atoms. The van der Waals surface area contributed by atoms with Gasteiger partial charge in [-0.3, -0.25) is 4.79 Å². The van der Waals surface area contributed by atoms with Crippen LogP contribution in [0.1, 0.15) is 12.8 Å². The zero-order valence-corrected chi connectivity index (χ0v) is 18.5. The summed E-state index contributed by atoms with van der Waals surface area (Å²) in [7, 11) is 1.63. The highest BCUT2D eigenvalue weighted by Gasteiger charge is 2.32. The standard InChI is InChI=1S/C25H29N5O2/c1-32-24-23(26-21-11-5-6-12-22(21)27-24)30-13-7-8-19(18-30)25(31)29-16-14-28(15-17-29)20-9-3-2-4-10-20/h2-6,9-12,19H,7-8,13-18H2,1H3/t19-/m1/s1. The lowest BCUT2D eigenvalue weighted by Gasteiger charge is -2.40. The van der Waals surface area contributed by atoms with Gasteiger partial charge in [-0.2, -0.15) is 0 Å². The van der Waals surface area contributed by atoms with E-state index in [-0.39, 0.29) is 11.8 Å². The number of carbonyl (C=O) groups excluding carboxylic acids is 1. The Kier molecular flexibility index (Phi) is 5.79. The van der Waals surface area contributed by atoms with E-state index in [1.807, 2.05) is 35.2 Å². The molecule has 1 aromatic heterocycles. The van der Waals surface area contributed by atoms with E-state index in [1.54, 1.807) is 7.11 Å². The van der Waals surface area contributed by atoms with Crippen molar-refractivity contribution in [3.8, 4) is 5.88 Å². The van der Waals surface area contributed by atoms with E-state index in [0.29, 0.717) is 12.4 Å². The van der Waals surface area contributed by atoms with Crippen molar-refractivity contribution in [3.63, 3.8) is 0 Å². The fraction of sp³-hybridized carbons (Fsp3) is 0.400. The van der Waals surface area contributed by atoms with Gasteiger partial charge < -0.3 is 19.4 Å². The number of piperazine rings is 1. The largest absolute Gasteiger partial charge is 0.478 e. The lowest BCUT2D eigenvalue weighted by Crippen LogP contribution is -2.52. The van der Waals surface area contributed by atoms with Crippen LogP contribution < -0.4 is 14.5 Å². The number of para-hydroxylation sites is 3. The number of piperidine rings is 1. The number of hydrogen-bond acceptors (Lipinski definition) is 6. The molecular formula is C25H29N5O2. The first-order chi connectivity index (χ1) is 15.7. The third kappa shape index (κ3) is 4.07. The number of hydrogen-bond donors (Lipinski definition) is 0. The summed E-state index contributed by atoms with van der Waals surface area (Å²) in [6.45, 7) is 4.79. The van der Waals surface area contributed by atoms with Gasteiger partial charge in [-0.25, -0.2) is 9.97 Å². The third-order valence-electron chi connectivity index (χ3n) is 6.50. The van der Waals surface area contributed by atoms with E-state index in [2.05, 4.69) is 39.0 Å². The second-order valence-corrected chi connectivity index (χ2v) is 8.48. The molecule has 2 fully saturated rings. The number of carbonyl (C=O) groups is 1. The molecule has 2 aliphatic heterocycles. The second kappa shape index (κ2) is 9.02. The van der Waals surface area contributed by atoms with Crippen LogP contribution >= 0.6 is 0 Å². The summed E-state index contributed by atoms with van der Waals surface area (Å²) in [6, 6.07) is 18.2. The van der Waals surface area contributed by atoms with Crippen molar-refractivity contribution in [2.24, 2.45) is 5.92 Å². The van der Waals surface area contributed by atoms with Crippen LogP contribution in [0.15, 0.2) is 54.6 Å². The molecule has 3 heterocycles. The Hall–Kier alpha value is -3.35. The second-order valence-electron chi connectivity index (χ2n) is 8.48. The number of benzene rings is 2. The van der Waals surface area contributed by atoms with Gasteiger partial charge >= 0.3 is 0 Å². The molecule has 2 aromatic carbocycles. The molecule has 2 aliphatic rings. The Morgan fingerprint density at radius 1 is 0.875 bits per heavy atom. The van der Waals surface area contributed by atoms with Crippen LogP contribution in [0.4, 0.5) is 11.5 Å². The summed E-state index contributed by atoms with van der Waals surface area (Å²) in [5.41, 5.74) is 2.88. The maximum Gasteiger partial charge on any atom is 0.257 e. The predicted octanol–water partition coefficient (Wildman–Crippen LogP) is 3.20. The Morgan fingerprint density at radius 3 is 2.28 bits per heavy atom. The molecule has 166 valence electrons. The number of rotatable bonds is 4. The molecule has 0 saturated carbocycles. The predicted molar refractivity (Wildman–Crippen MR) is 126 cm³/mol. The summed E-state index contributed by atoms with van der Waals surface area (Å²) in [5, 5.41) is 0. The van der Waals surface area contributed by atoms with Gasteiger partial charge in [0.25, 0.3) is 5.88 Å². The highest BCUT2D eigenvalue weighted by atomic mass is 16.5. The minimum atomic E-state index is -0.0231. The average molecular weight is 432 g/mol. The Morgan fingerprint density at radius 2 is 1.56 bits per heavy atom. The molecule has 1 amide bonds. The first-order valence-corrected chi connectivity index (χ1v) is 11.4. The van der Waals surface area contributed by atoms with Crippen LogP contribution in [0, 0.1) is 5.92 Å². The van der Waals surface area contributed by atoms with Crippen LogP contribution in [-0.2, 0) is 4.79 Å². The highest BCUT2D eigenvalue weighted by Crippen LogP contribution is 2.31. The van der Waals surface area contributed by atoms with Gasteiger partial charge in [0.1, 0.15) is 0 Å². The summed E-state index contributed by atoms with van der Waals surface area (Å²) in [5.74, 6) is 1.49. The fourth-order valence-corrected chi connectivity index (χ4v) is 4.77. The minimum Gasteiger partial charge on any atom is -0.478 e. The van der Waals surface area contributed by atoms with Gasteiger partial charge in [-0.1, -0.05) is 30.3 Å². The molecule has 3 aromatic rings. The van der Waals surface area contributed by atoms with E-state index in [1.165, 1.54) is 5.69 Å². The van der Waals surface area contributed by atoms with E-state index >= 15 is 0 Å². The first kappa shape index (κ1) is 20.5. The highest BCUT2D eigenvalue weighted by molar-refractivity contribution is 5.81. The number of aromatic nitrogens is 2. The molecule has 7 heteroatoms. The molecule has 0 spiro atoms. The van der Waals surface area contributed by atoms with Crippen molar-refractivity contribution in [1.29, 1.82) is 0 Å². The molecule has 2 saturated heterocycles. The maximum absolute atomic E-state index is 13.4. The SMILES string of the molecule is COc1nc2ccccc2nc1N1CCC[C@@H](C(=O)N2CCN(c3ccccc3)CC2)C1. The molecular weight excluding hydrogens is 402 g/mol. The monoisotopic (exact) mass is 431 g/mol. The van der Waals surface area contributed by atoms with Gasteiger partial charge in [0.15, 0.2) is 5.82 Å². The molecule has 0 unspecified atom stereocenters. The van der Waals surface area contributed by atoms with Gasteiger partial charge in [0, 0.05) is 45.0 Å². The topological polar surface area (TPSA) is 61.8 Å². The van der Waals surface area contributed by atoms with Crippen LogP contribution in [0.2, 0.25) is 0 Å². The number of amides is 1. The molecule has 5 rings (SSSR count). The summed E-state index contributed by atoms with van der Waals surface area (Å²) in [4.78, 5) is 29.4. The molecule has 0 aliphatic carbocycles. The van der Waals surface area contributed by atoms with Gasteiger partial charge in [-0.05, 0) is 37.1 Å². The zero-order chi connectivity index (χ0) is 21.9. The van der Waals surface area contributed by atoms with Crippen molar-refractivity contribution in [2.45, 2.75) is 12.8 Å². The van der Waals surface area contributed by atoms with Gasteiger partial charge in [0.05, 0.1) is 24.1 Å². The number of fused-ring (bicyclic) bond motifs is 1. The van der Waals surface area contributed by atoms with Gasteiger partial charge in [0.2, 0.25) is 5.91 Å². The fourth-order valence-electron chi connectivity index (χ4n) is 4.77. The Bertz CT molecular complexity index is 1080. The lowest BCUT2D eigenvalue weighted by molar-refractivity contribution is -0.136. The summed E-state index contributed by atoms with van der Waals surface area (Å²) < 4.78 is 5.56. The third-order valence-corrected chi connectivity index (χ3v) is 6.50. The normalized spacial score (nSPS) is 19.3. The number of methoxy groups -OCH3 is 1. The average Bonchev–Trinajstić information content (AvgIpc) is 2.88. The smallest absolute Gasteiger partial charge is 0.257 e. The van der Waals surface area contributed by atoms with Crippen molar-refractivity contribution in [1.82, 2.24) is 14.9 Å². The van der Waals surface area contributed by atoms with Crippen LogP contribution in [0.3, 0.4) is 0 Å². The van der Waals surface area contributed by atoms with Crippen molar-refractivity contribution < 1.29 is 9.53 Å². The van der Waals surface area contributed by atoms with Crippen molar-refractivity contribution in [2.75, 3.05) is 56.2 Å². The quantitative estimate of drug-likeness (QED) is 0.632. The zero-order valence-electron chi connectivity index (χ0n) is 18.5. The lowest BCUT2D eigenvalue weighted by atomic mass is 9.96. The molecule has 0 N–H and O–H groups in total. The Labute approximate surface area is 188 Å². The van der Waals surface area contributed by atoms with Crippen molar-refractivity contribution >= 4 is 28.4 Å². The molecule has 0 radical (unpaired) electrons. The number of anilines is 2. The summed E-state index contributed by atoms with van der Waals surface area (Å²) >= 11 is 0. The first-order valence-electron chi connectivity index (χ1n) is 11.4. The summed E-state index contributed by atoms with van der Waals surface area (Å²) in [6.07, 6.45) is 1.87. The maximum atomic E-state index is 13.4. The van der Waals surface area contributed by atoms with E-state index < -0.39 is 0 Å². The van der Waals surface area contributed by atoms with Crippen LogP contribution in [-0.4, -0.2) is 67.2 Å². The number of ether oxygens (including phenoxy) is 1. The molecule has 7 nitrogen and oxygen atoms in total. The molecule has 1 atom stereocenters. The number of nitrogens with zero attached hydrogens (tertiary/aromatic N) is 5. The van der Waals surface area contributed by atoms with Gasteiger partial charge in [-0.15, -0.1) is 0 Å². The van der Waals surface area contributed by atoms with Crippen molar-refractivity contribution in [3.05, 3.63) is 54.6 Å².